The molecule has 0 radical (unpaired) electrons. The van der Waals surface area contributed by atoms with Gasteiger partial charge in [0.15, 0.2) is 0 Å². The van der Waals surface area contributed by atoms with Crippen molar-refractivity contribution in [3.05, 3.63) is 74.8 Å². The highest BCUT2D eigenvalue weighted by Crippen LogP contribution is 2.18. The van der Waals surface area contributed by atoms with E-state index in [1.54, 1.807) is 19.1 Å². The molecule has 1 saturated heterocycles. The Morgan fingerprint density at radius 2 is 1.73 bits per heavy atom. The Morgan fingerprint density at radius 1 is 1.10 bits per heavy atom. The molecule has 8 nitrogen and oxygen atoms in total. The molecule has 9 heteroatoms. The van der Waals surface area contributed by atoms with E-state index in [0.717, 1.165) is 43.3 Å². The number of nitrogens with one attached hydrogen (secondary N) is 1. The van der Waals surface area contributed by atoms with Gasteiger partial charge >= 0.3 is 0 Å². The molecule has 1 heterocycles. The first-order valence-electron chi connectivity index (χ1n) is 9.68. The van der Waals surface area contributed by atoms with Crippen LogP contribution in [0.15, 0.2) is 53.6 Å². The average molecular weight is 430 g/mol. The van der Waals surface area contributed by atoms with Gasteiger partial charge in [0.25, 0.3) is 11.6 Å². The number of carbonyl (C=O) groups excluding carboxylic acids is 1. The summed E-state index contributed by atoms with van der Waals surface area (Å²) < 4.78 is 0. The number of halogens is 1. The molecule has 2 aromatic carbocycles. The minimum Gasteiger partial charge on any atom is -0.296 e. The number of rotatable bonds is 7. The number of hydrazone groups is 1. The molecule has 0 saturated carbocycles. The van der Waals surface area contributed by atoms with Crippen molar-refractivity contribution in [1.29, 1.82) is 0 Å². The third-order valence-corrected chi connectivity index (χ3v) is 5.40. The number of carbonyl (C=O) groups is 1. The molecule has 1 aliphatic rings. The molecule has 1 aliphatic heterocycles. The Kier molecular flexibility index (Phi) is 7.51. The minimum atomic E-state index is -0.452. The fraction of sp³-hybridized carbons (Fsp3) is 0.333. The maximum Gasteiger partial charge on any atom is 0.269 e. The van der Waals surface area contributed by atoms with E-state index in [9.17, 15) is 14.9 Å². The molecule has 30 heavy (non-hydrogen) atoms. The van der Waals surface area contributed by atoms with E-state index in [1.807, 2.05) is 24.3 Å². The molecule has 0 aromatic heterocycles. The van der Waals surface area contributed by atoms with Gasteiger partial charge < -0.3 is 0 Å². The van der Waals surface area contributed by atoms with Crippen LogP contribution in [0.1, 0.15) is 18.1 Å². The van der Waals surface area contributed by atoms with Crippen LogP contribution < -0.4 is 5.43 Å². The van der Waals surface area contributed by atoms with Crippen LogP contribution in [0, 0.1) is 10.1 Å². The van der Waals surface area contributed by atoms with Crippen LogP contribution in [0.5, 0.6) is 0 Å². The van der Waals surface area contributed by atoms with Crippen molar-refractivity contribution in [2.45, 2.75) is 13.5 Å². The predicted molar refractivity (Wildman–Crippen MR) is 117 cm³/mol. The van der Waals surface area contributed by atoms with Crippen LogP contribution in [0.25, 0.3) is 0 Å². The van der Waals surface area contributed by atoms with Crippen LogP contribution >= 0.6 is 11.6 Å². The monoisotopic (exact) mass is 429 g/mol. The van der Waals surface area contributed by atoms with Gasteiger partial charge in [-0.05, 0) is 36.2 Å². The summed E-state index contributed by atoms with van der Waals surface area (Å²) in [5, 5.41) is 15.6. The maximum atomic E-state index is 12.2. The predicted octanol–water partition coefficient (Wildman–Crippen LogP) is 2.91. The Balaban J connectivity index is 1.44. The van der Waals surface area contributed by atoms with Crippen molar-refractivity contribution in [3.8, 4) is 0 Å². The van der Waals surface area contributed by atoms with Crippen molar-refractivity contribution in [2.24, 2.45) is 5.10 Å². The summed E-state index contributed by atoms with van der Waals surface area (Å²) in [5.41, 5.74) is 5.00. The summed E-state index contributed by atoms with van der Waals surface area (Å²) in [6.07, 6.45) is 0. The first-order chi connectivity index (χ1) is 14.4. The number of hydrogen-bond acceptors (Lipinski definition) is 6. The lowest BCUT2D eigenvalue weighted by Gasteiger charge is -2.34. The molecule has 0 bridgehead atoms. The van der Waals surface area contributed by atoms with E-state index in [4.69, 9.17) is 11.6 Å². The molecule has 1 N–H and O–H groups in total. The molecule has 2 aromatic rings. The summed E-state index contributed by atoms with van der Waals surface area (Å²) >= 11 is 6.23. The van der Waals surface area contributed by atoms with Crippen LogP contribution in [-0.2, 0) is 11.3 Å². The molecular formula is C21H24ClN5O3. The van der Waals surface area contributed by atoms with Crippen molar-refractivity contribution in [3.63, 3.8) is 0 Å². The topological polar surface area (TPSA) is 91.1 Å². The van der Waals surface area contributed by atoms with Crippen molar-refractivity contribution in [2.75, 3.05) is 32.7 Å². The molecule has 0 spiro atoms. The average Bonchev–Trinajstić information content (AvgIpc) is 2.75. The van der Waals surface area contributed by atoms with Crippen molar-refractivity contribution < 1.29 is 9.72 Å². The lowest BCUT2D eigenvalue weighted by Crippen LogP contribution is -2.48. The standard InChI is InChI=1S/C21H24ClN5O3/c1-16(17-6-8-19(9-7-17)27(29)30)23-24-21(28)15-26-12-10-25(11-13-26)14-18-4-2-3-5-20(18)22/h2-9H,10-15H2,1H3,(H,24,28)/b23-16+. The molecule has 0 unspecified atom stereocenters. The van der Waals surface area contributed by atoms with Gasteiger partial charge in [0.2, 0.25) is 0 Å². The number of non-ortho nitro benzene ring substituents is 1. The molecule has 158 valence electrons. The third kappa shape index (κ3) is 6.09. The Hall–Kier alpha value is -2.81. The normalized spacial score (nSPS) is 15.7. The molecular weight excluding hydrogens is 406 g/mol. The number of nitro groups is 1. The molecule has 0 aliphatic carbocycles. The summed E-state index contributed by atoms with van der Waals surface area (Å²) in [6, 6.07) is 13.9. The van der Waals surface area contributed by atoms with Gasteiger partial charge in [0, 0.05) is 49.9 Å². The second-order valence-electron chi connectivity index (χ2n) is 7.18. The smallest absolute Gasteiger partial charge is 0.269 e. The highest BCUT2D eigenvalue weighted by Gasteiger charge is 2.19. The summed E-state index contributed by atoms with van der Waals surface area (Å²) in [4.78, 5) is 26.9. The minimum absolute atomic E-state index is 0.0178. The van der Waals surface area contributed by atoms with Crippen molar-refractivity contribution in [1.82, 2.24) is 15.2 Å². The zero-order valence-electron chi connectivity index (χ0n) is 16.8. The highest BCUT2D eigenvalue weighted by atomic mass is 35.5. The number of nitrogens with zero attached hydrogens (tertiary/aromatic N) is 4. The van der Waals surface area contributed by atoms with E-state index in [1.165, 1.54) is 12.1 Å². The Bertz CT molecular complexity index is 924. The molecule has 0 atom stereocenters. The molecule has 1 fully saturated rings. The third-order valence-electron chi connectivity index (χ3n) is 5.03. The van der Waals surface area contributed by atoms with Crippen molar-refractivity contribution >= 4 is 28.9 Å². The van der Waals surface area contributed by atoms with E-state index in [2.05, 4.69) is 20.3 Å². The fourth-order valence-corrected chi connectivity index (χ4v) is 3.44. The summed E-state index contributed by atoms with van der Waals surface area (Å²) in [5.74, 6) is -0.184. The van der Waals surface area contributed by atoms with E-state index in [-0.39, 0.29) is 18.1 Å². The zero-order chi connectivity index (χ0) is 21.5. The first kappa shape index (κ1) is 21.9. The first-order valence-corrected chi connectivity index (χ1v) is 10.1. The number of hydrogen-bond donors (Lipinski definition) is 1. The number of piperazine rings is 1. The van der Waals surface area contributed by atoms with Crippen LogP contribution in [0.3, 0.4) is 0 Å². The SMILES string of the molecule is C/C(=N\NC(=O)CN1CCN(Cc2ccccc2Cl)CC1)c1ccc([N+](=O)[O-])cc1. The van der Waals surface area contributed by atoms with Gasteiger partial charge in [-0.15, -0.1) is 0 Å². The highest BCUT2D eigenvalue weighted by molar-refractivity contribution is 6.31. The Labute approximate surface area is 180 Å². The van der Waals surface area contributed by atoms with Gasteiger partial charge in [-0.2, -0.15) is 5.10 Å². The second-order valence-corrected chi connectivity index (χ2v) is 7.59. The quantitative estimate of drug-likeness (QED) is 0.415. The van der Waals surface area contributed by atoms with E-state index < -0.39 is 4.92 Å². The van der Waals surface area contributed by atoms with Gasteiger partial charge in [-0.25, -0.2) is 5.43 Å². The van der Waals surface area contributed by atoms with Crippen LogP contribution in [0.4, 0.5) is 5.69 Å². The number of nitro benzene ring substituents is 1. The van der Waals surface area contributed by atoms with Gasteiger partial charge in [-0.1, -0.05) is 29.8 Å². The fourth-order valence-electron chi connectivity index (χ4n) is 3.25. The van der Waals surface area contributed by atoms with Crippen LogP contribution in [-0.4, -0.2) is 59.1 Å². The van der Waals surface area contributed by atoms with E-state index >= 15 is 0 Å². The second kappa shape index (κ2) is 10.3. The van der Waals surface area contributed by atoms with Crippen LogP contribution in [0.2, 0.25) is 5.02 Å². The van der Waals surface area contributed by atoms with Gasteiger partial charge in [0.1, 0.15) is 0 Å². The zero-order valence-corrected chi connectivity index (χ0v) is 17.5. The lowest BCUT2D eigenvalue weighted by atomic mass is 10.1. The molecule has 1 amide bonds. The summed E-state index contributed by atoms with van der Waals surface area (Å²) in [6.45, 7) is 6.14. The van der Waals surface area contributed by atoms with E-state index in [0.29, 0.717) is 11.3 Å². The number of benzene rings is 2. The van der Waals surface area contributed by atoms with Gasteiger partial charge in [0.05, 0.1) is 17.2 Å². The van der Waals surface area contributed by atoms with Gasteiger partial charge in [-0.3, -0.25) is 24.7 Å². The largest absolute Gasteiger partial charge is 0.296 e. The lowest BCUT2D eigenvalue weighted by molar-refractivity contribution is -0.384. The number of amides is 1. The Morgan fingerprint density at radius 3 is 2.37 bits per heavy atom. The molecule has 3 rings (SSSR count). The summed E-state index contributed by atoms with van der Waals surface area (Å²) in [7, 11) is 0. The maximum absolute atomic E-state index is 12.2.